The Labute approximate surface area is 165 Å². The maximum Gasteiger partial charge on any atom is 0.242 e. The molecular weight excluding hydrogens is 423 g/mol. The standard InChI is InChI=1S/C19H19BrClFN2O2/c1-12(19(26)23-2)24(11-13-5-3-6-14(20)9-13)18(25)10-15-16(21)7-4-8-17(15)22/h3-9,12H,10-11H2,1-2H3,(H,23,26). The number of likely N-dealkylation sites (N-methyl/N-ethyl adjacent to an activating group) is 1. The quantitative estimate of drug-likeness (QED) is 0.738. The average molecular weight is 442 g/mol. The first-order chi connectivity index (χ1) is 12.3. The van der Waals surface area contributed by atoms with Crippen molar-refractivity contribution >= 4 is 39.3 Å². The van der Waals surface area contributed by atoms with E-state index in [4.69, 9.17) is 11.6 Å². The molecule has 0 saturated heterocycles. The molecule has 2 rings (SSSR count). The molecule has 4 nitrogen and oxygen atoms in total. The molecule has 1 atom stereocenters. The number of halogens is 3. The van der Waals surface area contributed by atoms with Crippen molar-refractivity contribution in [2.75, 3.05) is 7.05 Å². The van der Waals surface area contributed by atoms with Gasteiger partial charge in [0.2, 0.25) is 11.8 Å². The third kappa shape index (κ3) is 5.05. The van der Waals surface area contributed by atoms with Gasteiger partial charge in [-0.05, 0) is 36.8 Å². The average Bonchev–Trinajstić information content (AvgIpc) is 2.61. The maximum absolute atomic E-state index is 14.0. The summed E-state index contributed by atoms with van der Waals surface area (Å²) in [6.07, 6.45) is -0.221. The Bertz CT molecular complexity index is 796. The van der Waals surface area contributed by atoms with Gasteiger partial charge in [-0.2, -0.15) is 0 Å². The molecule has 7 heteroatoms. The fraction of sp³-hybridized carbons (Fsp3) is 0.263. The topological polar surface area (TPSA) is 49.4 Å². The Kier molecular flexibility index (Phi) is 7.17. The van der Waals surface area contributed by atoms with Crippen LogP contribution in [0.1, 0.15) is 18.1 Å². The summed E-state index contributed by atoms with van der Waals surface area (Å²) in [5, 5.41) is 2.73. The first kappa shape index (κ1) is 20.4. The number of carbonyl (C=O) groups excluding carboxylic acids is 2. The summed E-state index contributed by atoms with van der Waals surface area (Å²) in [5.74, 6) is -1.22. The van der Waals surface area contributed by atoms with Gasteiger partial charge >= 0.3 is 0 Å². The van der Waals surface area contributed by atoms with E-state index in [-0.39, 0.29) is 35.4 Å². The van der Waals surface area contributed by atoms with E-state index >= 15 is 0 Å². The van der Waals surface area contributed by atoms with Crippen molar-refractivity contribution in [2.24, 2.45) is 0 Å². The van der Waals surface area contributed by atoms with Crippen LogP contribution >= 0.6 is 27.5 Å². The van der Waals surface area contributed by atoms with Crippen LogP contribution in [0.3, 0.4) is 0 Å². The zero-order valence-corrected chi connectivity index (χ0v) is 16.8. The van der Waals surface area contributed by atoms with Crippen molar-refractivity contribution in [3.05, 3.63) is 68.9 Å². The van der Waals surface area contributed by atoms with Crippen molar-refractivity contribution in [1.82, 2.24) is 10.2 Å². The van der Waals surface area contributed by atoms with Crippen LogP contribution in [0.15, 0.2) is 46.9 Å². The van der Waals surface area contributed by atoms with Gasteiger partial charge in [-0.3, -0.25) is 9.59 Å². The van der Waals surface area contributed by atoms with Gasteiger partial charge in [0.25, 0.3) is 0 Å². The van der Waals surface area contributed by atoms with E-state index in [0.29, 0.717) is 0 Å². The van der Waals surface area contributed by atoms with E-state index in [9.17, 15) is 14.0 Å². The normalized spacial score (nSPS) is 11.7. The monoisotopic (exact) mass is 440 g/mol. The summed E-state index contributed by atoms with van der Waals surface area (Å²) in [4.78, 5) is 26.4. The molecule has 0 radical (unpaired) electrons. The Morgan fingerprint density at radius 1 is 1.27 bits per heavy atom. The molecule has 0 aliphatic heterocycles. The number of nitrogens with zero attached hydrogens (tertiary/aromatic N) is 1. The van der Waals surface area contributed by atoms with Gasteiger partial charge in [0.05, 0.1) is 6.42 Å². The number of carbonyl (C=O) groups is 2. The van der Waals surface area contributed by atoms with E-state index in [1.165, 1.54) is 30.1 Å². The lowest BCUT2D eigenvalue weighted by Gasteiger charge is -2.28. The van der Waals surface area contributed by atoms with E-state index in [1.54, 1.807) is 6.92 Å². The zero-order chi connectivity index (χ0) is 19.3. The second-order valence-electron chi connectivity index (χ2n) is 5.82. The van der Waals surface area contributed by atoms with Crippen molar-refractivity contribution < 1.29 is 14.0 Å². The molecule has 0 aliphatic rings. The molecule has 1 unspecified atom stereocenters. The lowest BCUT2D eigenvalue weighted by Crippen LogP contribution is -2.47. The maximum atomic E-state index is 14.0. The van der Waals surface area contributed by atoms with Crippen LogP contribution in [0.2, 0.25) is 5.02 Å². The van der Waals surface area contributed by atoms with Crippen LogP contribution in [0.25, 0.3) is 0 Å². The van der Waals surface area contributed by atoms with Crippen LogP contribution < -0.4 is 5.32 Å². The highest BCUT2D eigenvalue weighted by molar-refractivity contribution is 9.10. The van der Waals surface area contributed by atoms with E-state index < -0.39 is 11.9 Å². The summed E-state index contributed by atoms with van der Waals surface area (Å²) in [6, 6.07) is 11.0. The van der Waals surface area contributed by atoms with E-state index in [2.05, 4.69) is 21.2 Å². The third-order valence-electron chi connectivity index (χ3n) is 4.05. The van der Waals surface area contributed by atoms with Gasteiger partial charge in [0.15, 0.2) is 0 Å². The largest absolute Gasteiger partial charge is 0.357 e. The molecule has 138 valence electrons. The second kappa shape index (κ2) is 9.14. The molecule has 0 saturated carbocycles. The summed E-state index contributed by atoms with van der Waals surface area (Å²) in [6.45, 7) is 1.86. The SMILES string of the molecule is CNC(=O)C(C)N(Cc1cccc(Br)c1)C(=O)Cc1c(F)cccc1Cl. The lowest BCUT2D eigenvalue weighted by molar-refractivity contribution is -0.139. The van der Waals surface area contributed by atoms with Crippen LogP contribution in [0, 0.1) is 5.82 Å². The van der Waals surface area contributed by atoms with Gasteiger partial charge in [0.1, 0.15) is 11.9 Å². The third-order valence-corrected chi connectivity index (χ3v) is 4.89. The van der Waals surface area contributed by atoms with Gasteiger partial charge in [-0.15, -0.1) is 0 Å². The molecule has 26 heavy (non-hydrogen) atoms. The second-order valence-corrected chi connectivity index (χ2v) is 7.14. The molecular formula is C19H19BrClFN2O2. The van der Waals surface area contributed by atoms with Gasteiger partial charge in [-0.1, -0.05) is 45.7 Å². The molecule has 0 heterocycles. The highest BCUT2D eigenvalue weighted by atomic mass is 79.9. The van der Waals surface area contributed by atoms with E-state index in [1.807, 2.05) is 24.3 Å². The molecule has 0 bridgehead atoms. The molecule has 0 spiro atoms. The van der Waals surface area contributed by atoms with E-state index in [0.717, 1.165) is 10.0 Å². The molecule has 0 fully saturated rings. The minimum absolute atomic E-state index is 0.127. The van der Waals surface area contributed by atoms with Crippen LogP contribution in [-0.2, 0) is 22.6 Å². The first-order valence-corrected chi connectivity index (χ1v) is 9.19. The number of benzene rings is 2. The zero-order valence-electron chi connectivity index (χ0n) is 14.4. The molecule has 1 N–H and O–H groups in total. The fourth-order valence-electron chi connectivity index (χ4n) is 2.58. The molecule has 2 aromatic carbocycles. The molecule has 2 amide bonds. The smallest absolute Gasteiger partial charge is 0.242 e. The Balaban J connectivity index is 2.30. The van der Waals surface area contributed by atoms with Crippen LogP contribution in [0.4, 0.5) is 4.39 Å². The van der Waals surface area contributed by atoms with Crippen molar-refractivity contribution in [3.63, 3.8) is 0 Å². The van der Waals surface area contributed by atoms with Crippen LogP contribution in [0.5, 0.6) is 0 Å². The van der Waals surface area contributed by atoms with Gasteiger partial charge in [0, 0.05) is 28.7 Å². The van der Waals surface area contributed by atoms with Crippen molar-refractivity contribution in [3.8, 4) is 0 Å². The summed E-state index contributed by atoms with van der Waals surface area (Å²) < 4.78 is 14.9. The summed E-state index contributed by atoms with van der Waals surface area (Å²) in [7, 11) is 1.51. The summed E-state index contributed by atoms with van der Waals surface area (Å²) in [5.41, 5.74) is 0.977. The summed E-state index contributed by atoms with van der Waals surface area (Å²) >= 11 is 9.42. The Morgan fingerprint density at radius 3 is 2.58 bits per heavy atom. The Morgan fingerprint density at radius 2 is 1.96 bits per heavy atom. The molecule has 0 aromatic heterocycles. The lowest BCUT2D eigenvalue weighted by atomic mass is 10.1. The number of hydrogen-bond donors (Lipinski definition) is 1. The fourth-order valence-corrected chi connectivity index (χ4v) is 3.25. The Hall–Kier alpha value is -1.92. The molecule has 2 aromatic rings. The van der Waals surface area contributed by atoms with Crippen molar-refractivity contribution in [1.29, 1.82) is 0 Å². The van der Waals surface area contributed by atoms with Crippen molar-refractivity contribution in [2.45, 2.75) is 25.9 Å². The number of hydrogen-bond acceptors (Lipinski definition) is 2. The minimum atomic E-state index is -0.711. The predicted octanol–water partition coefficient (Wildman–Crippen LogP) is 3.95. The predicted molar refractivity (Wildman–Crippen MR) is 103 cm³/mol. The number of rotatable bonds is 6. The van der Waals surface area contributed by atoms with Crippen LogP contribution in [-0.4, -0.2) is 29.8 Å². The highest BCUT2D eigenvalue weighted by Crippen LogP contribution is 2.22. The minimum Gasteiger partial charge on any atom is -0.357 e. The van der Waals surface area contributed by atoms with Gasteiger partial charge in [-0.25, -0.2) is 4.39 Å². The number of nitrogens with one attached hydrogen (secondary N) is 1. The molecule has 0 aliphatic carbocycles. The van der Waals surface area contributed by atoms with Gasteiger partial charge < -0.3 is 10.2 Å². The number of amides is 2. The first-order valence-electron chi connectivity index (χ1n) is 8.02. The highest BCUT2D eigenvalue weighted by Gasteiger charge is 2.26.